The molecule has 0 fully saturated rings. The van der Waals surface area contributed by atoms with Crippen LogP contribution in [0, 0.1) is 0 Å². The molecule has 2 nitrogen and oxygen atoms in total. The van der Waals surface area contributed by atoms with Gasteiger partial charge in [0.15, 0.2) is 0 Å². The molecule has 0 saturated heterocycles. The summed E-state index contributed by atoms with van der Waals surface area (Å²) in [5.74, 6) is 0. The number of aryl methyl sites for hydroxylation is 2. The molecule has 0 bridgehead atoms. The maximum Gasteiger partial charge on any atom is 0.207 e. The zero-order valence-electron chi connectivity index (χ0n) is 16.5. The third-order valence-corrected chi connectivity index (χ3v) is 8.25. The van der Waals surface area contributed by atoms with Crippen LogP contribution < -0.4 is 10.6 Å². The van der Waals surface area contributed by atoms with E-state index in [1.54, 1.807) is 0 Å². The molecule has 0 unspecified atom stereocenters. The predicted molar refractivity (Wildman–Crippen MR) is 111 cm³/mol. The van der Waals surface area contributed by atoms with Gasteiger partial charge in [0, 0.05) is 22.7 Å². The Balaban J connectivity index is 2.75. The molecular weight excluding hydrogens is 325 g/mol. The van der Waals surface area contributed by atoms with E-state index in [-0.39, 0.29) is 12.1 Å². The van der Waals surface area contributed by atoms with Gasteiger partial charge in [-0.3, -0.25) is 4.57 Å². The van der Waals surface area contributed by atoms with Gasteiger partial charge in [-0.05, 0) is 75.9 Å². The summed E-state index contributed by atoms with van der Waals surface area (Å²) in [6.07, 6.45) is 1.90. The molecule has 0 aromatic heterocycles. The average Bonchev–Trinajstić information content (AvgIpc) is 2.61. The maximum absolute atomic E-state index is 14.7. The Hall–Kier alpha value is -1.37. The van der Waals surface area contributed by atoms with Crippen LogP contribution in [-0.2, 0) is 17.4 Å². The van der Waals surface area contributed by atoms with E-state index in [0.717, 1.165) is 23.5 Å². The molecule has 0 aliphatic rings. The van der Waals surface area contributed by atoms with Gasteiger partial charge in [-0.15, -0.1) is 0 Å². The summed E-state index contributed by atoms with van der Waals surface area (Å²) >= 11 is 0. The van der Waals surface area contributed by atoms with Crippen molar-refractivity contribution in [2.24, 2.45) is 0 Å². The van der Waals surface area contributed by atoms with Crippen molar-refractivity contribution < 1.29 is 4.57 Å². The van der Waals surface area contributed by atoms with Crippen molar-refractivity contribution in [3.8, 4) is 0 Å². The molecule has 2 aromatic rings. The minimum Gasteiger partial charge on any atom is -0.296 e. The summed E-state index contributed by atoms with van der Waals surface area (Å²) in [7, 11) is -2.89. The van der Waals surface area contributed by atoms with Gasteiger partial charge < -0.3 is 0 Å². The molecule has 2 aromatic carbocycles. The molecular formula is C22H32NOP. The number of rotatable bonds is 7. The number of hydrogen-bond donors (Lipinski definition) is 0. The van der Waals surface area contributed by atoms with Gasteiger partial charge in [0.25, 0.3) is 0 Å². The fourth-order valence-electron chi connectivity index (χ4n) is 3.59. The SMILES string of the molecule is CCc1cccc(P(=O)(c2cccc(CC)c2)N(C(C)C)C(C)C)c1. The zero-order valence-corrected chi connectivity index (χ0v) is 17.4. The second-order valence-corrected chi connectivity index (χ2v) is 9.84. The number of nitrogens with zero attached hydrogens (tertiary/aromatic N) is 1. The summed E-state index contributed by atoms with van der Waals surface area (Å²) in [5, 5.41) is 1.89. The van der Waals surface area contributed by atoms with E-state index in [1.165, 1.54) is 11.1 Å². The summed E-state index contributed by atoms with van der Waals surface area (Å²) < 4.78 is 16.9. The Labute approximate surface area is 153 Å². The van der Waals surface area contributed by atoms with Crippen LogP contribution in [-0.4, -0.2) is 16.8 Å². The van der Waals surface area contributed by atoms with E-state index in [1.807, 2.05) is 24.3 Å². The van der Waals surface area contributed by atoms with Crippen LogP contribution in [0.15, 0.2) is 48.5 Å². The smallest absolute Gasteiger partial charge is 0.207 e. The van der Waals surface area contributed by atoms with Crippen LogP contribution in [0.3, 0.4) is 0 Å². The molecule has 0 aliphatic carbocycles. The van der Waals surface area contributed by atoms with Crippen molar-refractivity contribution >= 4 is 17.9 Å². The highest BCUT2D eigenvalue weighted by molar-refractivity contribution is 7.76. The van der Waals surface area contributed by atoms with Crippen LogP contribution in [0.25, 0.3) is 0 Å². The highest BCUT2D eigenvalue weighted by Crippen LogP contribution is 2.50. The molecule has 0 spiro atoms. The van der Waals surface area contributed by atoms with E-state index in [2.05, 4.69) is 70.5 Å². The van der Waals surface area contributed by atoms with Crippen LogP contribution >= 0.6 is 7.29 Å². The van der Waals surface area contributed by atoms with Gasteiger partial charge in [0.1, 0.15) is 0 Å². The van der Waals surface area contributed by atoms with Gasteiger partial charge in [-0.1, -0.05) is 38.1 Å². The fourth-order valence-corrected chi connectivity index (χ4v) is 6.98. The molecule has 136 valence electrons. The second kappa shape index (κ2) is 8.34. The van der Waals surface area contributed by atoms with Gasteiger partial charge in [-0.2, -0.15) is 0 Å². The molecule has 0 radical (unpaired) electrons. The lowest BCUT2D eigenvalue weighted by molar-refractivity contribution is 0.307. The average molecular weight is 357 g/mol. The third-order valence-electron chi connectivity index (χ3n) is 4.72. The van der Waals surface area contributed by atoms with E-state index in [0.29, 0.717) is 0 Å². The highest BCUT2D eigenvalue weighted by Gasteiger charge is 2.38. The second-order valence-electron chi connectivity index (χ2n) is 7.19. The molecule has 0 saturated carbocycles. The summed E-state index contributed by atoms with van der Waals surface area (Å²) in [4.78, 5) is 0. The fraction of sp³-hybridized carbons (Fsp3) is 0.455. The lowest BCUT2D eigenvalue weighted by Crippen LogP contribution is -2.41. The van der Waals surface area contributed by atoms with Crippen molar-refractivity contribution in [2.45, 2.75) is 66.5 Å². The molecule has 0 atom stereocenters. The minimum atomic E-state index is -2.89. The first kappa shape index (κ1) is 19.9. The van der Waals surface area contributed by atoms with E-state index >= 15 is 0 Å². The Kier molecular flexibility index (Phi) is 6.65. The number of benzene rings is 2. The maximum atomic E-state index is 14.7. The van der Waals surface area contributed by atoms with Crippen molar-refractivity contribution in [1.29, 1.82) is 0 Å². The predicted octanol–water partition coefficient (Wildman–Crippen LogP) is 5.16. The summed E-state index contributed by atoms with van der Waals surface area (Å²) in [5.41, 5.74) is 2.47. The first-order valence-electron chi connectivity index (χ1n) is 9.42. The first-order chi connectivity index (χ1) is 11.8. The summed E-state index contributed by atoms with van der Waals surface area (Å²) in [6.45, 7) is 12.8. The van der Waals surface area contributed by atoms with E-state index < -0.39 is 7.29 Å². The van der Waals surface area contributed by atoms with Crippen molar-refractivity contribution in [3.63, 3.8) is 0 Å². The lowest BCUT2D eigenvalue weighted by atomic mass is 10.2. The van der Waals surface area contributed by atoms with Crippen molar-refractivity contribution in [3.05, 3.63) is 59.7 Å². The lowest BCUT2D eigenvalue weighted by Gasteiger charge is -2.38. The third kappa shape index (κ3) is 4.07. The van der Waals surface area contributed by atoms with E-state index in [4.69, 9.17) is 0 Å². The van der Waals surface area contributed by atoms with Gasteiger partial charge in [0.2, 0.25) is 7.29 Å². The highest BCUT2D eigenvalue weighted by atomic mass is 31.2. The minimum absolute atomic E-state index is 0.196. The molecule has 2 rings (SSSR count). The van der Waals surface area contributed by atoms with E-state index in [9.17, 15) is 4.57 Å². The topological polar surface area (TPSA) is 20.3 Å². The standard InChI is InChI=1S/C22H32NOP/c1-7-19-11-9-13-21(15-19)25(24,23(17(3)4)18(5)6)22-14-10-12-20(8-2)16-22/h9-18H,7-8H2,1-6H3. The number of hydrogen-bond acceptors (Lipinski definition) is 1. The zero-order chi connectivity index (χ0) is 18.6. The van der Waals surface area contributed by atoms with Gasteiger partial charge in [0.05, 0.1) is 0 Å². The first-order valence-corrected chi connectivity index (χ1v) is 11.1. The largest absolute Gasteiger partial charge is 0.296 e. The van der Waals surface area contributed by atoms with Crippen molar-refractivity contribution in [2.75, 3.05) is 0 Å². The molecule has 0 amide bonds. The molecule has 3 heteroatoms. The summed E-state index contributed by atoms with van der Waals surface area (Å²) in [6, 6.07) is 17.1. The molecule has 0 aliphatic heterocycles. The normalized spacial score (nSPS) is 12.4. The van der Waals surface area contributed by atoms with Crippen LogP contribution in [0.1, 0.15) is 52.7 Å². The molecule has 0 N–H and O–H groups in total. The molecule has 0 heterocycles. The van der Waals surface area contributed by atoms with Gasteiger partial charge >= 0.3 is 0 Å². The van der Waals surface area contributed by atoms with Crippen LogP contribution in [0.4, 0.5) is 0 Å². The van der Waals surface area contributed by atoms with Gasteiger partial charge in [-0.25, -0.2) is 4.67 Å². The Morgan fingerprint density at radius 3 is 1.52 bits per heavy atom. The quantitative estimate of drug-likeness (QED) is 0.638. The van der Waals surface area contributed by atoms with Crippen molar-refractivity contribution in [1.82, 2.24) is 4.67 Å². The van der Waals surface area contributed by atoms with Crippen LogP contribution in [0.2, 0.25) is 0 Å². The molecule has 25 heavy (non-hydrogen) atoms. The van der Waals surface area contributed by atoms with Crippen LogP contribution in [0.5, 0.6) is 0 Å². The monoisotopic (exact) mass is 357 g/mol. The Morgan fingerprint density at radius 2 is 1.20 bits per heavy atom. The Bertz CT molecular complexity index is 692. The Morgan fingerprint density at radius 1 is 0.800 bits per heavy atom.